The summed E-state index contributed by atoms with van der Waals surface area (Å²) < 4.78 is 27.2. The highest BCUT2D eigenvalue weighted by Crippen LogP contribution is 2.29. The Bertz CT molecular complexity index is 1030. The number of aromatic nitrogens is 1. The highest BCUT2D eigenvalue weighted by Gasteiger charge is 2.19. The molecule has 1 amide bonds. The number of halogens is 2. The number of amides is 1. The van der Waals surface area contributed by atoms with Crippen LogP contribution in [0.5, 0.6) is 0 Å². The number of amidine groups is 1. The third-order valence-corrected chi connectivity index (χ3v) is 4.41. The molecule has 3 rings (SSSR count). The van der Waals surface area contributed by atoms with E-state index >= 15 is 0 Å². The Morgan fingerprint density at radius 3 is 2.59 bits per heavy atom. The number of nitrogens with one attached hydrogen (secondary N) is 1. The van der Waals surface area contributed by atoms with Gasteiger partial charge in [-0.25, -0.2) is 8.78 Å². The Morgan fingerprint density at radius 1 is 1.14 bits per heavy atom. The fourth-order valence-electron chi connectivity index (χ4n) is 3.14. The van der Waals surface area contributed by atoms with Gasteiger partial charge in [-0.2, -0.15) is 5.10 Å². The topological polar surface area (TPSA) is 106 Å². The molecule has 0 spiro atoms. The van der Waals surface area contributed by atoms with Crippen LogP contribution in [0, 0.1) is 11.6 Å². The summed E-state index contributed by atoms with van der Waals surface area (Å²) in [5.41, 5.74) is 8.88. The second kappa shape index (κ2) is 8.92. The maximum Gasteiger partial charge on any atom is 0.207 e. The number of hydrogen-bond acceptors (Lipinski definition) is 4. The van der Waals surface area contributed by atoms with E-state index in [0.29, 0.717) is 23.2 Å². The van der Waals surface area contributed by atoms with E-state index in [1.54, 1.807) is 30.5 Å². The lowest BCUT2D eigenvalue weighted by Gasteiger charge is -2.19. The fourth-order valence-corrected chi connectivity index (χ4v) is 3.14. The Morgan fingerprint density at radius 2 is 1.90 bits per heavy atom. The lowest BCUT2D eigenvalue weighted by atomic mass is 9.94. The largest absolute Gasteiger partial charge is 0.382 e. The van der Waals surface area contributed by atoms with Gasteiger partial charge in [-0.05, 0) is 41.8 Å². The highest BCUT2D eigenvalue weighted by atomic mass is 19.1. The number of rotatable bonds is 7. The van der Waals surface area contributed by atoms with Crippen LogP contribution in [0.15, 0.2) is 65.9 Å². The van der Waals surface area contributed by atoms with E-state index in [9.17, 15) is 13.6 Å². The molecule has 0 fully saturated rings. The number of benzene rings is 2. The summed E-state index contributed by atoms with van der Waals surface area (Å²) in [6.45, 7) is 0. The third kappa shape index (κ3) is 4.73. The number of hydrogen-bond donors (Lipinski definition) is 3. The van der Waals surface area contributed by atoms with Crippen LogP contribution in [0.4, 0.5) is 8.78 Å². The van der Waals surface area contributed by atoms with Crippen molar-refractivity contribution in [2.75, 3.05) is 0 Å². The molecule has 6 nitrogen and oxygen atoms in total. The Hall–Kier alpha value is -3.81. The summed E-state index contributed by atoms with van der Waals surface area (Å²) in [6, 6.07) is 13.5. The molecule has 3 aromatic rings. The minimum atomic E-state index is -0.685. The molecule has 1 unspecified atom stereocenters. The number of nitrogens with zero attached hydrogens (tertiary/aromatic N) is 2. The van der Waals surface area contributed by atoms with Crippen LogP contribution < -0.4 is 16.9 Å². The Labute approximate surface area is 166 Å². The van der Waals surface area contributed by atoms with E-state index in [1.807, 2.05) is 12.1 Å². The van der Waals surface area contributed by atoms with Crippen molar-refractivity contribution in [3.63, 3.8) is 0 Å². The van der Waals surface area contributed by atoms with E-state index in [4.69, 9.17) is 11.6 Å². The van der Waals surface area contributed by atoms with Crippen molar-refractivity contribution >= 4 is 12.2 Å². The maximum absolute atomic E-state index is 13.6. The summed E-state index contributed by atoms with van der Waals surface area (Å²) >= 11 is 0. The molecule has 0 radical (unpaired) electrons. The molecule has 2 aromatic carbocycles. The molecule has 0 bridgehead atoms. The van der Waals surface area contributed by atoms with Gasteiger partial charge in [-0.3, -0.25) is 9.78 Å². The Kier molecular flexibility index (Phi) is 6.13. The van der Waals surface area contributed by atoms with Gasteiger partial charge in [-0.1, -0.05) is 24.3 Å². The van der Waals surface area contributed by atoms with E-state index < -0.39 is 17.7 Å². The van der Waals surface area contributed by atoms with Gasteiger partial charge >= 0.3 is 0 Å². The lowest BCUT2D eigenvalue weighted by Crippen LogP contribution is -2.23. The second-order valence-corrected chi connectivity index (χ2v) is 6.35. The number of pyridine rings is 1. The number of hydrazone groups is 1. The summed E-state index contributed by atoms with van der Waals surface area (Å²) in [4.78, 5) is 15.6. The lowest BCUT2D eigenvalue weighted by molar-refractivity contribution is -0.110. The molecular weight excluding hydrogens is 376 g/mol. The van der Waals surface area contributed by atoms with E-state index in [-0.39, 0.29) is 12.3 Å². The molecule has 5 N–H and O–H groups in total. The molecule has 0 aliphatic rings. The average molecular weight is 395 g/mol. The molecule has 1 atom stereocenters. The molecule has 0 aliphatic carbocycles. The minimum Gasteiger partial charge on any atom is -0.382 e. The number of nitrogens with two attached hydrogens (primary N) is 2. The van der Waals surface area contributed by atoms with Gasteiger partial charge in [0, 0.05) is 23.4 Å². The zero-order valence-corrected chi connectivity index (χ0v) is 15.3. The first kappa shape index (κ1) is 19.9. The molecule has 0 saturated heterocycles. The van der Waals surface area contributed by atoms with Crippen LogP contribution >= 0.6 is 0 Å². The van der Waals surface area contributed by atoms with Gasteiger partial charge in [0.1, 0.15) is 17.5 Å². The van der Waals surface area contributed by atoms with Crippen LogP contribution in [0.3, 0.4) is 0 Å². The summed E-state index contributed by atoms with van der Waals surface area (Å²) in [5, 5.41) is 6.19. The van der Waals surface area contributed by atoms with Crippen molar-refractivity contribution in [3.05, 3.63) is 89.2 Å². The van der Waals surface area contributed by atoms with Crippen molar-refractivity contribution in [2.24, 2.45) is 16.7 Å². The highest BCUT2D eigenvalue weighted by molar-refractivity contribution is 5.98. The first-order valence-electron chi connectivity index (χ1n) is 8.75. The van der Waals surface area contributed by atoms with E-state index in [0.717, 1.165) is 17.2 Å². The fraction of sp³-hybridized carbons (Fsp3) is 0.0952. The van der Waals surface area contributed by atoms with Gasteiger partial charge in [0.25, 0.3) is 0 Å². The Balaban J connectivity index is 2.04. The zero-order chi connectivity index (χ0) is 20.8. The van der Waals surface area contributed by atoms with Crippen LogP contribution in [-0.2, 0) is 11.2 Å². The van der Waals surface area contributed by atoms with Crippen molar-refractivity contribution in [3.8, 4) is 11.1 Å². The third-order valence-electron chi connectivity index (χ3n) is 4.41. The molecule has 0 aliphatic heterocycles. The summed E-state index contributed by atoms with van der Waals surface area (Å²) in [7, 11) is 0. The van der Waals surface area contributed by atoms with Crippen LogP contribution in [-0.4, -0.2) is 17.2 Å². The van der Waals surface area contributed by atoms with Crippen molar-refractivity contribution in [1.82, 2.24) is 10.3 Å². The van der Waals surface area contributed by atoms with Crippen LogP contribution in [0.25, 0.3) is 11.1 Å². The van der Waals surface area contributed by atoms with Gasteiger partial charge in [0.15, 0.2) is 0 Å². The van der Waals surface area contributed by atoms with Crippen LogP contribution in [0.1, 0.15) is 22.9 Å². The van der Waals surface area contributed by atoms with E-state index in [2.05, 4.69) is 15.4 Å². The molecule has 8 heteroatoms. The molecular formula is C21H19F2N5O. The smallest absolute Gasteiger partial charge is 0.207 e. The minimum absolute atomic E-state index is 0.156. The SMILES string of the molecule is N/N=C(\N)c1cccc(-c2cccnc2C(Cc2cc(F)cc(F)c2)NC=O)c1. The summed E-state index contributed by atoms with van der Waals surface area (Å²) in [6.07, 6.45) is 2.28. The molecule has 0 saturated carbocycles. The van der Waals surface area contributed by atoms with Crippen molar-refractivity contribution < 1.29 is 13.6 Å². The van der Waals surface area contributed by atoms with Gasteiger partial charge in [0.05, 0.1) is 11.7 Å². The standard InChI is InChI=1S/C21H19F2N5O/c22-16-7-13(8-17(23)11-16)9-19(27-12-29)20-18(5-2-6-26-20)14-3-1-4-15(10-14)21(24)28-25/h1-8,10-12,19H,9,25H2,(H2,24,28)(H,27,29). The molecule has 29 heavy (non-hydrogen) atoms. The van der Waals surface area contributed by atoms with E-state index in [1.165, 1.54) is 12.1 Å². The maximum atomic E-state index is 13.6. The monoisotopic (exact) mass is 395 g/mol. The average Bonchev–Trinajstić information content (AvgIpc) is 2.72. The predicted molar refractivity (Wildman–Crippen MR) is 107 cm³/mol. The first-order valence-corrected chi connectivity index (χ1v) is 8.75. The second-order valence-electron chi connectivity index (χ2n) is 6.35. The van der Waals surface area contributed by atoms with Crippen molar-refractivity contribution in [2.45, 2.75) is 12.5 Å². The van der Waals surface area contributed by atoms with Gasteiger partial charge in [0.2, 0.25) is 6.41 Å². The predicted octanol–water partition coefficient (Wildman–Crippen LogP) is 2.64. The molecule has 1 aromatic heterocycles. The quantitative estimate of drug-likeness (QED) is 0.188. The number of carbonyl (C=O) groups excluding carboxylic acids is 1. The zero-order valence-electron chi connectivity index (χ0n) is 15.3. The van der Waals surface area contributed by atoms with Crippen LogP contribution in [0.2, 0.25) is 0 Å². The molecule has 148 valence electrons. The van der Waals surface area contributed by atoms with Crippen molar-refractivity contribution in [1.29, 1.82) is 0 Å². The first-order chi connectivity index (χ1) is 14.0. The number of carbonyl (C=O) groups is 1. The normalized spacial score (nSPS) is 12.4. The van der Waals surface area contributed by atoms with Gasteiger partial charge in [-0.15, -0.1) is 0 Å². The molecule has 1 heterocycles. The summed E-state index contributed by atoms with van der Waals surface area (Å²) in [5.74, 6) is 4.07. The van der Waals surface area contributed by atoms with Gasteiger partial charge < -0.3 is 16.9 Å².